The molecule has 10 heteroatoms. The fraction of sp³-hybridized carbons (Fsp3) is 0.250. The fourth-order valence-electron chi connectivity index (χ4n) is 4.05. The van der Waals surface area contributed by atoms with Crippen molar-refractivity contribution in [1.29, 1.82) is 0 Å². The van der Waals surface area contributed by atoms with Gasteiger partial charge in [-0.25, -0.2) is 28.9 Å². The Balaban J connectivity index is 1.57. The lowest BCUT2D eigenvalue weighted by Gasteiger charge is -2.19. The average molecular weight is 459 g/mol. The van der Waals surface area contributed by atoms with E-state index in [0.29, 0.717) is 22.3 Å². The maximum Gasteiger partial charge on any atom is 0.240 e. The Kier molecular flexibility index (Phi) is 4.89. The second-order valence-electron chi connectivity index (χ2n) is 8.86. The third-order valence-corrected chi connectivity index (χ3v) is 6.46. The van der Waals surface area contributed by atoms with Crippen LogP contribution < -0.4 is 10.6 Å². The lowest BCUT2D eigenvalue weighted by molar-refractivity contribution is -0.125. The molecule has 4 aromatic rings. The van der Waals surface area contributed by atoms with Gasteiger partial charge in [-0.15, -0.1) is 0 Å². The molecule has 5 rings (SSSR count). The normalized spacial score (nSPS) is 17.6. The van der Waals surface area contributed by atoms with Crippen molar-refractivity contribution in [3.63, 3.8) is 0 Å². The van der Waals surface area contributed by atoms with E-state index in [2.05, 4.69) is 20.1 Å². The van der Waals surface area contributed by atoms with E-state index < -0.39 is 11.3 Å². The molecule has 172 valence electrons. The number of fused-ring (bicyclic) bond motifs is 1. The van der Waals surface area contributed by atoms with Crippen LogP contribution in [0.2, 0.25) is 0 Å². The minimum atomic E-state index is -0.852. The highest BCUT2D eigenvalue weighted by atomic mass is 19.1. The van der Waals surface area contributed by atoms with Gasteiger partial charge in [0, 0.05) is 11.8 Å². The van der Waals surface area contributed by atoms with Gasteiger partial charge < -0.3 is 5.73 Å². The van der Waals surface area contributed by atoms with E-state index in [4.69, 9.17) is 5.73 Å². The molecule has 4 heterocycles. The fourth-order valence-corrected chi connectivity index (χ4v) is 4.05. The molecule has 0 saturated carbocycles. The van der Waals surface area contributed by atoms with Crippen LogP contribution in [0.1, 0.15) is 26.3 Å². The molecule has 0 aliphatic carbocycles. The summed E-state index contributed by atoms with van der Waals surface area (Å²) in [5.74, 6) is -1.34. The van der Waals surface area contributed by atoms with Gasteiger partial charge in [0.15, 0.2) is 17.3 Å². The van der Waals surface area contributed by atoms with Crippen LogP contribution in [0, 0.1) is 17.2 Å². The van der Waals surface area contributed by atoms with Crippen LogP contribution in [0.4, 0.5) is 15.9 Å². The van der Waals surface area contributed by atoms with E-state index in [1.54, 1.807) is 55.9 Å². The second-order valence-corrected chi connectivity index (χ2v) is 8.86. The smallest absolute Gasteiger partial charge is 0.240 e. The van der Waals surface area contributed by atoms with Gasteiger partial charge in [-0.2, -0.15) is 5.10 Å². The maximum absolute atomic E-state index is 14.2. The van der Waals surface area contributed by atoms with Crippen LogP contribution in [0.3, 0.4) is 0 Å². The molecule has 1 atom stereocenters. The van der Waals surface area contributed by atoms with Crippen molar-refractivity contribution in [3.8, 4) is 11.5 Å². The summed E-state index contributed by atoms with van der Waals surface area (Å²) in [4.78, 5) is 39.8. The molecule has 0 bridgehead atoms. The van der Waals surface area contributed by atoms with Crippen LogP contribution in [0.15, 0.2) is 48.8 Å². The predicted octanol–water partition coefficient (Wildman–Crippen LogP) is 3.19. The summed E-state index contributed by atoms with van der Waals surface area (Å²) in [5, 5.41) is 5.25. The molecular formula is C24H22FN7O2. The van der Waals surface area contributed by atoms with Crippen molar-refractivity contribution in [2.24, 2.45) is 11.3 Å². The molecule has 1 unspecified atom stereocenters. The number of amides is 2. The summed E-state index contributed by atoms with van der Waals surface area (Å²) in [6, 6.07) is 10.0. The van der Waals surface area contributed by atoms with E-state index in [1.165, 1.54) is 12.3 Å². The first-order valence-corrected chi connectivity index (χ1v) is 10.8. The van der Waals surface area contributed by atoms with Gasteiger partial charge in [0.05, 0.1) is 29.5 Å². The number of nitrogen functional groups attached to an aromatic ring is 1. The summed E-state index contributed by atoms with van der Waals surface area (Å²) in [6.07, 6.45) is 2.98. The Morgan fingerprint density at radius 3 is 2.56 bits per heavy atom. The first-order chi connectivity index (χ1) is 16.2. The molecular weight excluding hydrogens is 437 g/mol. The van der Waals surface area contributed by atoms with Gasteiger partial charge in [0.1, 0.15) is 17.2 Å². The van der Waals surface area contributed by atoms with Gasteiger partial charge in [0.2, 0.25) is 11.8 Å². The number of pyridine rings is 1. The van der Waals surface area contributed by atoms with Gasteiger partial charge in [-0.1, -0.05) is 39.0 Å². The number of halogens is 1. The highest BCUT2D eigenvalue weighted by molar-refractivity contribution is 6.24. The van der Waals surface area contributed by atoms with Gasteiger partial charge >= 0.3 is 0 Å². The van der Waals surface area contributed by atoms with Crippen molar-refractivity contribution < 1.29 is 14.0 Å². The highest BCUT2D eigenvalue weighted by Crippen LogP contribution is 2.41. The first-order valence-electron chi connectivity index (χ1n) is 10.8. The molecule has 1 aliphatic rings. The molecule has 9 nitrogen and oxygen atoms in total. The molecule has 2 amide bonds. The number of carbonyl (C=O) groups excluding carboxylic acids is 2. The minimum Gasteiger partial charge on any atom is -0.382 e. The highest BCUT2D eigenvalue weighted by Gasteiger charge is 2.52. The molecule has 1 aliphatic heterocycles. The van der Waals surface area contributed by atoms with Crippen molar-refractivity contribution in [1.82, 2.24) is 24.7 Å². The number of benzene rings is 1. The van der Waals surface area contributed by atoms with Crippen LogP contribution in [-0.4, -0.2) is 36.5 Å². The number of hydrogen-bond donors (Lipinski definition) is 1. The zero-order valence-corrected chi connectivity index (χ0v) is 18.9. The second kappa shape index (κ2) is 7.68. The van der Waals surface area contributed by atoms with Gasteiger partial charge in [0.25, 0.3) is 0 Å². The third-order valence-electron chi connectivity index (χ3n) is 6.46. The van der Waals surface area contributed by atoms with E-state index in [1.807, 2.05) is 6.07 Å². The van der Waals surface area contributed by atoms with E-state index >= 15 is 0 Å². The van der Waals surface area contributed by atoms with E-state index in [-0.39, 0.29) is 41.5 Å². The monoisotopic (exact) mass is 459 g/mol. The third kappa shape index (κ3) is 3.21. The summed E-state index contributed by atoms with van der Waals surface area (Å²) in [6.45, 7) is 5.33. The number of anilines is 2. The zero-order valence-electron chi connectivity index (χ0n) is 18.9. The number of nitrogens with two attached hydrogens (primary N) is 1. The van der Waals surface area contributed by atoms with Crippen molar-refractivity contribution in [2.75, 3.05) is 10.6 Å². The van der Waals surface area contributed by atoms with Crippen LogP contribution in [-0.2, 0) is 16.1 Å². The number of nitrogens with zero attached hydrogens (tertiary/aromatic N) is 6. The van der Waals surface area contributed by atoms with Crippen molar-refractivity contribution in [3.05, 3.63) is 60.2 Å². The van der Waals surface area contributed by atoms with Gasteiger partial charge in [-0.05, 0) is 18.2 Å². The summed E-state index contributed by atoms with van der Waals surface area (Å²) in [7, 11) is 0. The minimum absolute atomic E-state index is 0.0164. The van der Waals surface area contributed by atoms with E-state index in [9.17, 15) is 14.0 Å². The summed E-state index contributed by atoms with van der Waals surface area (Å²) in [5.41, 5.74) is 6.89. The summed E-state index contributed by atoms with van der Waals surface area (Å²) < 4.78 is 15.8. The molecule has 0 radical (unpaired) electrons. The molecule has 1 aromatic carbocycles. The molecule has 0 spiro atoms. The largest absolute Gasteiger partial charge is 0.382 e. The molecule has 2 N–H and O–H groups in total. The molecule has 1 saturated heterocycles. The standard InChI is InChI=1S/C24H22FN7O2/c1-13-22(33)32(23(34)24(13,2)3)17-11-28-20(29-19(17)26)18-15-8-6-10-27-21(15)31(30-18)12-14-7-4-5-9-16(14)25/h4-11,13H,12H2,1-3H3,(H2,26,28,29). The lowest BCUT2D eigenvalue weighted by atomic mass is 9.82. The maximum atomic E-state index is 14.2. The predicted molar refractivity (Wildman–Crippen MR) is 124 cm³/mol. The van der Waals surface area contributed by atoms with Crippen molar-refractivity contribution in [2.45, 2.75) is 27.3 Å². The van der Waals surface area contributed by atoms with Crippen LogP contribution >= 0.6 is 0 Å². The Hall–Kier alpha value is -4.21. The van der Waals surface area contributed by atoms with Crippen molar-refractivity contribution >= 4 is 34.4 Å². The Morgan fingerprint density at radius 1 is 1.12 bits per heavy atom. The van der Waals surface area contributed by atoms with Crippen LogP contribution in [0.5, 0.6) is 0 Å². The lowest BCUT2D eigenvalue weighted by Crippen LogP contribution is -2.33. The topological polar surface area (TPSA) is 120 Å². The SMILES string of the molecule is CC1C(=O)N(c2cnc(-c3nn(Cc4ccccc4F)c4ncccc34)nc2N)C(=O)C1(C)C. The number of imide groups is 1. The van der Waals surface area contributed by atoms with Gasteiger partial charge in [-0.3, -0.25) is 9.59 Å². The molecule has 34 heavy (non-hydrogen) atoms. The van der Waals surface area contributed by atoms with Crippen LogP contribution in [0.25, 0.3) is 22.6 Å². The molecule has 3 aromatic heterocycles. The number of carbonyl (C=O) groups is 2. The number of hydrogen-bond acceptors (Lipinski definition) is 7. The molecule has 1 fully saturated rings. The first kappa shape index (κ1) is 21.6. The average Bonchev–Trinajstić information content (AvgIpc) is 3.25. The number of rotatable bonds is 4. The zero-order chi connectivity index (χ0) is 24.2. The number of aromatic nitrogens is 5. The Labute approximate surface area is 194 Å². The van der Waals surface area contributed by atoms with E-state index in [0.717, 1.165) is 4.90 Å². The Morgan fingerprint density at radius 2 is 1.88 bits per heavy atom. The Bertz CT molecular complexity index is 1460. The summed E-state index contributed by atoms with van der Waals surface area (Å²) >= 11 is 0. The quantitative estimate of drug-likeness (QED) is 0.465.